The van der Waals surface area contributed by atoms with E-state index in [1.54, 1.807) is 24.3 Å². The fourth-order valence-electron chi connectivity index (χ4n) is 1.02. The Bertz CT molecular complexity index is 337. The van der Waals surface area contributed by atoms with Crippen molar-refractivity contribution in [3.8, 4) is 0 Å². The molecule has 1 atom stereocenters. The van der Waals surface area contributed by atoms with Gasteiger partial charge in [-0.05, 0) is 17.7 Å². The molecular formula is C9H9BrN2O2. The maximum atomic E-state index is 10.6. The maximum absolute atomic E-state index is 10.6. The van der Waals surface area contributed by atoms with Gasteiger partial charge in [0.1, 0.15) is 12.3 Å². The zero-order valence-electron chi connectivity index (χ0n) is 7.24. The summed E-state index contributed by atoms with van der Waals surface area (Å²) in [5.41, 5.74) is 5.61. The van der Waals surface area contributed by atoms with Crippen molar-refractivity contribution in [2.45, 2.75) is 6.04 Å². The SMILES string of the molecule is NC(=O)NC(C=O)c1ccc(Br)cc1. The number of nitrogens with one attached hydrogen (secondary N) is 1. The third-order valence-corrected chi connectivity index (χ3v) is 2.19. The summed E-state index contributed by atoms with van der Waals surface area (Å²) in [7, 11) is 0. The van der Waals surface area contributed by atoms with Crippen LogP contribution in [0.1, 0.15) is 11.6 Å². The van der Waals surface area contributed by atoms with E-state index in [0.717, 1.165) is 4.47 Å². The lowest BCUT2D eigenvalue weighted by molar-refractivity contribution is -0.109. The number of primary amides is 1. The van der Waals surface area contributed by atoms with Crippen LogP contribution in [0.4, 0.5) is 4.79 Å². The van der Waals surface area contributed by atoms with E-state index in [1.165, 1.54) is 0 Å². The third kappa shape index (κ3) is 2.85. The second kappa shape index (κ2) is 4.76. The Morgan fingerprint density at radius 3 is 2.43 bits per heavy atom. The van der Waals surface area contributed by atoms with Crippen molar-refractivity contribution >= 4 is 28.2 Å². The van der Waals surface area contributed by atoms with E-state index in [9.17, 15) is 9.59 Å². The minimum Gasteiger partial charge on any atom is -0.352 e. The molecule has 1 unspecified atom stereocenters. The summed E-state index contributed by atoms with van der Waals surface area (Å²) >= 11 is 3.27. The average molecular weight is 257 g/mol. The first-order valence-corrected chi connectivity index (χ1v) is 4.69. The lowest BCUT2D eigenvalue weighted by Crippen LogP contribution is -2.33. The molecule has 0 aromatic heterocycles. The average Bonchev–Trinajstić information content (AvgIpc) is 2.15. The molecule has 0 radical (unpaired) electrons. The summed E-state index contributed by atoms with van der Waals surface area (Å²) in [6, 6.07) is 5.65. The first kappa shape index (κ1) is 10.7. The van der Waals surface area contributed by atoms with E-state index < -0.39 is 12.1 Å². The number of aldehydes is 1. The van der Waals surface area contributed by atoms with Gasteiger partial charge in [0.2, 0.25) is 0 Å². The van der Waals surface area contributed by atoms with E-state index >= 15 is 0 Å². The molecule has 0 bridgehead atoms. The van der Waals surface area contributed by atoms with Crippen LogP contribution >= 0.6 is 15.9 Å². The highest BCUT2D eigenvalue weighted by atomic mass is 79.9. The van der Waals surface area contributed by atoms with Crippen molar-refractivity contribution in [1.29, 1.82) is 0 Å². The molecule has 0 aliphatic carbocycles. The predicted octanol–water partition coefficient (Wildman–Crippen LogP) is 1.36. The zero-order chi connectivity index (χ0) is 10.6. The van der Waals surface area contributed by atoms with Crippen LogP contribution in [0, 0.1) is 0 Å². The number of amides is 2. The molecule has 1 aromatic rings. The molecule has 0 spiro atoms. The summed E-state index contributed by atoms with van der Waals surface area (Å²) in [6.45, 7) is 0. The van der Waals surface area contributed by atoms with Crippen LogP contribution in [0.25, 0.3) is 0 Å². The van der Waals surface area contributed by atoms with Gasteiger partial charge in [0.15, 0.2) is 0 Å². The Kier molecular flexibility index (Phi) is 3.64. The van der Waals surface area contributed by atoms with Crippen LogP contribution in [-0.2, 0) is 4.79 Å². The third-order valence-electron chi connectivity index (χ3n) is 1.66. The summed E-state index contributed by atoms with van der Waals surface area (Å²) in [4.78, 5) is 21.2. The second-order valence-corrected chi connectivity index (χ2v) is 3.59. The van der Waals surface area contributed by atoms with Gasteiger partial charge in [0, 0.05) is 4.47 Å². The molecule has 0 saturated carbocycles. The van der Waals surface area contributed by atoms with Gasteiger partial charge < -0.3 is 15.8 Å². The molecule has 0 aliphatic heterocycles. The Labute approximate surface area is 89.6 Å². The number of benzene rings is 1. The zero-order valence-corrected chi connectivity index (χ0v) is 8.82. The highest BCUT2D eigenvalue weighted by Gasteiger charge is 2.10. The Hall–Kier alpha value is -1.36. The first-order valence-electron chi connectivity index (χ1n) is 3.90. The van der Waals surface area contributed by atoms with Crippen LogP contribution in [-0.4, -0.2) is 12.3 Å². The van der Waals surface area contributed by atoms with Crippen molar-refractivity contribution in [2.75, 3.05) is 0 Å². The number of rotatable bonds is 3. The van der Waals surface area contributed by atoms with Gasteiger partial charge in [-0.25, -0.2) is 4.79 Å². The van der Waals surface area contributed by atoms with Crippen molar-refractivity contribution in [3.63, 3.8) is 0 Å². The van der Waals surface area contributed by atoms with Crippen LogP contribution in [0.15, 0.2) is 28.7 Å². The Morgan fingerprint density at radius 2 is 2.00 bits per heavy atom. The van der Waals surface area contributed by atoms with Crippen molar-refractivity contribution in [3.05, 3.63) is 34.3 Å². The number of nitrogens with two attached hydrogens (primary N) is 1. The lowest BCUT2D eigenvalue weighted by atomic mass is 10.1. The van der Waals surface area contributed by atoms with Gasteiger partial charge in [0.05, 0.1) is 0 Å². The molecule has 74 valence electrons. The molecule has 0 saturated heterocycles. The smallest absolute Gasteiger partial charge is 0.313 e. The summed E-state index contributed by atoms with van der Waals surface area (Å²) in [6.07, 6.45) is 0.633. The predicted molar refractivity (Wildman–Crippen MR) is 55.7 cm³/mol. The van der Waals surface area contributed by atoms with Gasteiger partial charge in [-0.3, -0.25) is 0 Å². The number of hydrogen-bond donors (Lipinski definition) is 2. The van der Waals surface area contributed by atoms with Gasteiger partial charge in [-0.2, -0.15) is 0 Å². The molecule has 5 heteroatoms. The van der Waals surface area contributed by atoms with E-state index in [1.807, 2.05) is 0 Å². The Balaban J connectivity index is 2.84. The quantitative estimate of drug-likeness (QED) is 0.802. The largest absolute Gasteiger partial charge is 0.352 e. The number of hydrogen-bond acceptors (Lipinski definition) is 2. The van der Waals surface area contributed by atoms with Gasteiger partial charge in [-0.15, -0.1) is 0 Å². The van der Waals surface area contributed by atoms with E-state index in [-0.39, 0.29) is 0 Å². The standard InChI is InChI=1S/C9H9BrN2O2/c10-7-3-1-6(2-4-7)8(5-13)12-9(11)14/h1-5,8H,(H3,11,12,14). The van der Waals surface area contributed by atoms with E-state index in [4.69, 9.17) is 5.73 Å². The van der Waals surface area contributed by atoms with E-state index in [2.05, 4.69) is 21.2 Å². The number of halogens is 1. The van der Waals surface area contributed by atoms with Crippen molar-refractivity contribution < 1.29 is 9.59 Å². The second-order valence-electron chi connectivity index (χ2n) is 2.67. The van der Waals surface area contributed by atoms with Crippen LogP contribution in [0.5, 0.6) is 0 Å². The highest BCUT2D eigenvalue weighted by Crippen LogP contribution is 2.15. The van der Waals surface area contributed by atoms with Gasteiger partial charge >= 0.3 is 6.03 Å². The molecule has 1 aromatic carbocycles. The number of carbonyl (C=O) groups is 2. The van der Waals surface area contributed by atoms with E-state index in [0.29, 0.717) is 11.8 Å². The molecule has 0 fully saturated rings. The summed E-state index contributed by atoms with van der Waals surface area (Å²) in [5, 5.41) is 2.32. The first-order chi connectivity index (χ1) is 6.63. The minimum absolute atomic E-state index is 0.633. The van der Waals surface area contributed by atoms with Crippen LogP contribution in [0.3, 0.4) is 0 Å². The lowest BCUT2D eigenvalue weighted by Gasteiger charge is -2.10. The molecule has 1 rings (SSSR count). The fraction of sp³-hybridized carbons (Fsp3) is 0.111. The van der Waals surface area contributed by atoms with Gasteiger partial charge in [0.25, 0.3) is 0 Å². The molecule has 3 N–H and O–H groups in total. The Morgan fingerprint density at radius 1 is 1.43 bits per heavy atom. The highest BCUT2D eigenvalue weighted by molar-refractivity contribution is 9.10. The molecule has 2 amide bonds. The fourth-order valence-corrected chi connectivity index (χ4v) is 1.28. The van der Waals surface area contributed by atoms with Crippen LogP contribution in [0.2, 0.25) is 0 Å². The molecule has 0 aliphatic rings. The normalized spacial score (nSPS) is 11.8. The monoisotopic (exact) mass is 256 g/mol. The summed E-state index contributed by atoms with van der Waals surface area (Å²) < 4.78 is 0.907. The number of urea groups is 1. The van der Waals surface area contributed by atoms with Crippen molar-refractivity contribution in [2.24, 2.45) is 5.73 Å². The molecular weight excluding hydrogens is 248 g/mol. The molecule has 4 nitrogen and oxygen atoms in total. The topological polar surface area (TPSA) is 72.2 Å². The molecule has 0 heterocycles. The molecule has 14 heavy (non-hydrogen) atoms. The minimum atomic E-state index is -0.718. The maximum Gasteiger partial charge on any atom is 0.313 e. The van der Waals surface area contributed by atoms with Crippen molar-refractivity contribution in [1.82, 2.24) is 5.32 Å². The van der Waals surface area contributed by atoms with Crippen LogP contribution < -0.4 is 11.1 Å². The summed E-state index contributed by atoms with van der Waals surface area (Å²) in [5.74, 6) is 0. The number of carbonyl (C=O) groups excluding carboxylic acids is 2. The van der Waals surface area contributed by atoms with Gasteiger partial charge in [-0.1, -0.05) is 28.1 Å².